The average molecular weight is 454 g/mol. The number of rotatable bonds is 5. The second kappa shape index (κ2) is 8.55. The van der Waals surface area contributed by atoms with Crippen molar-refractivity contribution in [3.05, 3.63) is 32.7 Å². The van der Waals surface area contributed by atoms with Gasteiger partial charge in [0.1, 0.15) is 11.7 Å². The van der Waals surface area contributed by atoms with Crippen LogP contribution in [0, 0.1) is 5.92 Å². The summed E-state index contributed by atoms with van der Waals surface area (Å²) in [5.74, 6) is -0.00724. The molecule has 2 aliphatic rings. The van der Waals surface area contributed by atoms with Crippen LogP contribution in [0.25, 0.3) is 0 Å². The van der Waals surface area contributed by atoms with Crippen molar-refractivity contribution in [2.24, 2.45) is 5.92 Å². The van der Waals surface area contributed by atoms with E-state index in [9.17, 15) is 9.90 Å². The SMILES string of the molecule is CC(C)C(=O)NCCn1cc([C@@H]2C[C@]3(C[C@H](C)N2)OC[C@@H](O)c2cc(Cl)sc23)nn1. The molecule has 1 saturated heterocycles. The number of fused-ring (bicyclic) bond motifs is 2. The van der Waals surface area contributed by atoms with E-state index in [1.807, 2.05) is 26.1 Å². The molecule has 2 aromatic rings. The van der Waals surface area contributed by atoms with Crippen LogP contribution in [-0.4, -0.2) is 45.2 Å². The summed E-state index contributed by atoms with van der Waals surface area (Å²) < 4.78 is 8.68. The van der Waals surface area contributed by atoms with Gasteiger partial charge in [-0.1, -0.05) is 30.7 Å². The lowest BCUT2D eigenvalue weighted by Crippen LogP contribution is -2.50. The summed E-state index contributed by atoms with van der Waals surface area (Å²) in [5, 5.41) is 25.4. The van der Waals surface area contributed by atoms with Crippen LogP contribution in [0.4, 0.5) is 0 Å². The third-order valence-electron chi connectivity index (χ3n) is 5.75. The molecule has 4 rings (SSSR count). The summed E-state index contributed by atoms with van der Waals surface area (Å²) in [4.78, 5) is 12.7. The molecule has 10 heteroatoms. The van der Waals surface area contributed by atoms with Crippen molar-refractivity contribution in [2.45, 2.75) is 63.9 Å². The van der Waals surface area contributed by atoms with Crippen LogP contribution in [0.1, 0.15) is 61.9 Å². The van der Waals surface area contributed by atoms with Crippen LogP contribution in [0.5, 0.6) is 0 Å². The molecular formula is C20H28ClN5O3S. The maximum atomic E-state index is 11.7. The van der Waals surface area contributed by atoms with E-state index in [0.717, 1.165) is 22.6 Å². The van der Waals surface area contributed by atoms with Crippen molar-refractivity contribution in [1.29, 1.82) is 0 Å². The number of halogens is 1. The van der Waals surface area contributed by atoms with Crippen molar-refractivity contribution in [1.82, 2.24) is 25.6 Å². The smallest absolute Gasteiger partial charge is 0.222 e. The van der Waals surface area contributed by atoms with Crippen molar-refractivity contribution < 1.29 is 14.6 Å². The first-order valence-electron chi connectivity index (χ1n) is 10.3. The third-order valence-corrected chi connectivity index (χ3v) is 7.22. The zero-order valence-corrected chi connectivity index (χ0v) is 19.0. The van der Waals surface area contributed by atoms with Crippen LogP contribution in [0.15, 0.2) is 12.3 Å². The van der Waals surface area contributed by atoms with Crippen LogP contribution in [0.3, 0.4) is 0 Å². The van der Waals surface area contributed by atoms with Gasteiger partial charge < -0.3 is 20.5 Å². The van der Waals surface area contributed by atoms with Gasteiger partial charge >= 0.3 is 0 Å². The first-order valence-corrected chi connectivity index (χ1v) is 11.5. The molecule has 8 nitrogen and oxygen atoms in total. The Balaban J connectivity index is 1.49. The van der Waals surface area contributed by atoms with Crippen LogP contribution in [0.2, 0.25) is 4.34 Å². The Morgan fingerprint density at radius 1 is 1.53 bits per heavy atom. The van der Waals surface area contributed by atoms with Crippen molar-refractivity contribution in [3.63, 3.8) is 0 Å². The van der Waals surface area contributed by atoms with Crippen molar-refractivity contribution >= 4 is 28.8 Å². The molecule has 0 aliphatic carbocycles. The number of aromatic nitrogens is 3. The van der Waals surface area contributed by atoms with E-state index in [0.29, 0.717) is 23.8 Å². The van der Waals surface area contributed by atoms with Gasteiger partial charge in [0.25, 0.3) is 0 Å². The van der Waals surface area contributed by atoms with Crippen LogP contribution >= 0.6 is 22.9 Å². The predicted molar refractivity (Wildman–Crippen MR) is 114 cm³/mol. The Kier molecular flexibility index (Phi) is 6.18. The zero-order chi connectivity index (χ0) is 21.5. The lowest BCUT2D eigenvalue weighted by Gasteiger charge is -2.46. The molecule has 1 amide bonds. The highest BCUT2D eigenvalue weighted by atomic mass is 35.5. The molecule has 1 fully saturated rings. The number of carbonyl (C=O) groups excluding carboxylic acids is 1. The van der Waals surface area contributed by atoms with Gasteiger partial charge in [-0.05, 0) is 19.4 Å². The maximum absolute atomic E-state index is 11.7. The van der Waals surface area contributed by atoms with Crippen LogP contribution < -0.4 is 10.6 Å². The Labute approximate surface area is 184 Å². The number of carbonyl (C=O) groups is 1. The summed E-state index contributed by atoms with van der Waals surface area (Å²) in [7, 11) is 0. The number of amides is 1. The van der Waals surface area contributed by atoms with Gasteiger partial charge in [-0.3, -0.25) is 9.48 Å². The molecule has 30 heavy (non-hydrogen) atoms. The largest absolute Gasteiger partial charge is 0.386 e. The fraction of sp³-hybridized carbons (Fsp3) is 0.650. The summed E-state index contributed by atoms with van der Waals surface area (Å²) in [6.07, 6.45) is 2.77. The summed E-state index contributed by atoms with van der Waals surface area (Å²) in [6, 6.07) is 2.03. The quantitative estimate of drug-likeness (QED) is 0.643. The fourth-order valence-corrected chi connectivity index (χ4v) is 5.77. The molecule has 1 spiro atoms. The van der Waals surface area contributed by atoms with Gasteiger partial charge in [-0.15, -0.1) is 16.4 Å². The average Bonchev–Trinajstić information content (AvgIpc) is 3.32. The van der Waals surface area contributed by atoms with Gasteiger partial charge in [-0.2, -0.15) is 0 Å². The first-order chi connectivity index (χ1) is 14.3. The molecule has 4 atom stereocenters. The lowest BCUT2D eigenvalue weighted by molar-refractivity contribution is -0.129. The Morgan fingerprint density at radius 2 is 2.33 bits per heavy atom. The molecule has 164 valence electrons. The van der Waals surface area contributed by atoms with E-state index in [1.165, 1.54) is 11.3 Å². The Bertz CT molecular complexity index is 916. The minimum atomic E-state index is -0.639. The van der Waals surface area contributed by atoms with E-state index in [4.69, 9.17) is 16.3 Å². The second-order valence-electron chi connectivity index (χ2n) is 8.54. The third kappa shape index (κ3) is 4.27. The minimum absolute atomic E-state index is 0.0297. The van der Waals surface area contributed by atoms with Crippen LogP contribution in [-0.2, 0) is 21.7 Å². The van der Waals surface area contributed by atoms with Crippen molar-refractivity contribution in [2.75, 3.05) is 13.2 Å². The van der Waals surface area contributed by atoms with Gasteiger partial charge in [0.2, 0.25) is 5.91 Å². The number of nitrogens with zero attached hydrogens (tertiary/aromatic N) is 3. The molecule has 0 radical (unpaired) electrons. The minimum Gasteiger partial charge on any atom is -0.386 e. The van der Waals surface area contributed by atoms with E-state index >= 15 is 0 Å². The molecular weight excluding hydrogens is 426 g/mol. The van der Waals surface area contributed by atoms with E-state index in [1.54, 1.807) is 4.68 Å². The van der Waals surface area contributed by atoms with Gasteiger partial charge in [0.15, 0.2) is 0 Å². The van der Waals surface area contributed by atoms with Crippen molar-refractivity contribution in [3.8, 4) is 0 Å². The van der Waals surface area contributed by atoms with E-state index in [2.05, 4.69) is 27.9 Å². The highest BCUT2D eigenvalue weighted by molar-refractivity contribution is 7.16. The fourth-order valence-electron chi connectivity index (χ4n) is 4.31. The predicted octanol–water partition coefficient (Wildman–Crippen LogP) is 2.54. The standard InChI is InChI=1S/C20H28ClN5O3S/c1-11(2)19(28)22-4-5-26-9-15(24-25-26)14-8-20(7-12(3)23-14)18-13(6-17(21)30-18)16(27)10-29-20/h6,9,11-12,14,16,23,27H,4-5,7-8,10H2,1-3H3,(H,22,28)/t12-,14-,16+,20-/m0/s1. The van der Waals surface area contributed by atoms with E-state index < -0.39 is 11.7 Å². The summed E-state index contributed by atoms with van der Waals surface area (Å²) in [6.45, 7) is 7.20. The molecule has 0 bridgehead atoms. The lowest BCUT2D eigenvalue weighted by atomic mass is 9.79. The number of piperidine rings is 1. The maximum Gasteiger partial charge on any atom is 0.222 e. The number of ether oxygens (including phenoxy) is 1. The topological polar surface area (TPSA) is 101 Å². The van der Waals surface area contributed by atoms with Gasteiger partial charge in [0, 0.05) is 35.4 Å². The number of aliphatic hydroxyl groups excluding tert-OH is 1. The van der Waals surface area contributed by atoms with Gasteiger partial charge in [-0.25, -0.2) is 0 Å². The molecule has 3 N–H and O–H groups in total. The number of nitrogens with one attached hydrogen (secondary N) is 2. The number of hydrogen-bond acceptors (Lipinski definition) is 7. The summed E-state index contributed by atoms with van der Waals surface area (Å²) >= 11 is 7.77. The molecule has 0 unspecified atom stereocenters. The molecule has 0 saturated carbocycles. The highest BCUT2D eigenvalue weighted by Crippen LogP contribution is 2.51. The van der Waals surface area contributed by atoms with Gasteiger partial charge in [0.05, 0.1) is 35.4 Å². The second-order valence-corrected chi connectivity index (χ2v) is 10.2. The molecule has 4 heterocycles. The highest BCUT2D eigenvalue weighted by Gasteiger charge is 2.48. The Morgan fingerprint density at radius 3 is 3.10 bits per heavy atom. The molecule has 0 aromatic carbocycles. The number of aliphatic hydroxyl groups is 1. The molecule has 2 aromatic heterocycles. The zero-order valence-electron chi connectivity index (χ0n) is 17.4. The normalized spacial score (nSPS) is 28.7. The number of thiophene rings is 1. The number of hydrogen-bond donors (Lipinski definition) is 3. The van der Waals surface area contributed by atoms with E-state index in [-0.39, 0.29) is 30.5 Å². The molecule has 2 aliphatic heterocycles. The first kappa shape index (κ1) is 21.7. The monoisotopic (exact) mass is 453 g/mol. The summed E-state index contributed by atoms with van der Waals surface area (Å²) in [5.41, 5.74) is 1.24. The Hall–Kier alpha value is -1.52.